The molecule has 0 spiro atoms. The number of benzene rings is 2. The molecule has 2 N–H and O–H groups in total. The molecule has 0 aliphatic carbocycles. The van der Waals surface area contributed by atoms with Crippen molar-refractivity contribution < 1.29 is 18.7 Å². The number of pyridine rings is 1. The second-order valence-corrected chi connectivity index (χ2v) is 7.87. The van der Waals surface area contributed by atoms with E-state index in [2.05, 4.69) is 15.6 Å². The summed E-state index contributed by atoms with van der Waals surface area (Å²) in [5.74, 6) is -0.621. The van der Waals surface area contributed by atoms with Gasteiger partial charge in [-0.1, -0.05) is 24.3 Å². The molecule has 170 valence electrons. The van der Waals surface area contributed by atoms with Crippen LogP contribution in [0.1, 0.15) is 18.1 Å². The molecule has 2 heterocycles. The number of aromatic nitrogens is 1. The smallest absolute Gasteiger partial charge is 0.414 e. The Hall–Kier alpha value is -3.78. The number of anilines is 1. The average molecular weight is 448 g/mol. The topological polar surface area (TPSA) is 83.6 Å². The zero-order valence-corrected chi connectivity index (χ0v) is 18.3. The van der Waals surface area contributed by atoms with Gasteiger partial charge in [0.05, 0.1) is 18.8 Å². The molecular weight excluding hydrogens is 423 g/mol. The standard InChI is InChI=1S/C25H25FN4O3/c1-17(31)29-15-22-16-30(25(32)33-22)21-6-7-23(24(26)12-21)20-4-2-18(3-5-20)13-28-14-19-8-10-27-11-9-19/h2-12,22,28H,13-16H2,1H3,(H,29,31)/t22-/m0/s1. The number of halogens is 1. The number of carbonyl (C=O) groups excluding carboxylic acids is 2. The van der Waals surface area contributed by atoms with Gasteiger partial charge in [0.25, 0.3) is 0 Å². The van der Waals surface area contributed by atoms with Gasteiger partial charge in [0.2, 0.25) is 5.91 Å². The molecule has 0 saturated carbocycles. The van der Waals surface area contributed by atoms with E-state index < -0.39 is 18.0 Å². The molecule has 33 heavy (non-hydrogen) atoms. The fourth-order valence-electron chi connectivity index (χ4n) is 3.66. The lowest BCUT2D eigenvalue weighted by Gasteiger charge is -2.15. The Morgan fingerprint density at radius 1 is 1.09 bits per heavy atom. The molecule has 2 aromatic carbocycles. The molecular formula is C25H25FN4O3. The highest BCUT2D eigenvalue weighted by Crippen LogP contribution is 2.29. The van der Waals surface area contributed by atoms with Gasteiger partial charge in [-0.05, 0) is 47.0 Å². The van der Waals surface area contributed by atoms with Crippen LogP contribution in [0, 0.1) is 5.82 Å². The Bertz CT molecular complexity index is 1120. The maximum absolute atomic E-state index is 14.9. The molecule has 7 nitrogen and oxygen atoms in total. The Morgan fingerprint density at radius 3 is 2.45 bits per heavy atom. The summed E-state index contributed by atoms with van der Waals surface area (Å²) in [6, 6.07) is 16.3. The van der Waals surface area contributed by atoms with Crippen LogP contribution in [0.4, 0.5) is 14.9 Å². The van der Waals surface area contributed by atoms with Crippen molar-refractivity contribution >= 4 is 17.7 Å². The van der Waals surface area contributed by atoms with Crippen LogP contribution in [0.3, 0.4) is 0 Å². The predicted molar refractivity (Wildman–Crippen MR) is 123 cm³/mol. The third-order valence-corrected chi connectivity index (χ3v) is 5.39. The van der Waals surface area contributed by atoms with Crippen LogP contribution in [0.15, 0.2) is 67.0 Å². The van der Waals surface area contributed by atoms with Crippen molar-refractivity contribution in [3.05, 3.63) is 83.9 Å². The van der Waals surface area contributed by atoms with E-state index in [0.29, 0.717) is 17.8 Å². The van der Waals surface area contributed by atoms with Gasteiger partial charge < -0.3 is 15.4 Å². The molecule has 1 fully saturated rings. The molecule has 0 unspecified atom stereocenters. The number of carbonyl (C=O) groups is 2. The van der Waals surface area contributed by atoms with Gasteiger partial charge in [-0.15, -0.1) is 0 Å². The molecule has 0 bridgehead atoms. The number of amides is 2. The summed E-state index contributed by atoms with van der Waals surface area (Å²) in [6.07, 6.45) is 2.51. The summed E-state index contributed by atoms with van der Waals surface area (Å²) >= 11 is 0. The molecule has 1 aliphatic heterocycles. The van der Waals surface area contributed by atoms with Gasteiger partial charge in [-0.2, -0.15) is 0 Å². The average Bonchev–Trinajstić information content (AvgIpc) is 3.19. The van der Waals surface area contributed by atoms with E-state index in [9.17, 15) is 14.0 Å². The van der Waals surface area contributed by atoms with Gasteiger partial charge in [0, 0.05) is 38.0 Å². The summed E-state index contributed by atoms with van der Waals surface area (Å²) in [4.78, 5) is 28.6. The fourth-order valence-corrected chi connectivity index (χ4v) is 3.66. The van der Waals surface area contributed by atoms with Crippen molar-refractivity contribution in [3.8, 4) is 11.1 Å². The van der Waals surface area contributed by atoms with Crippen LogP contribution in [0.5, 0.6) is 0 Å². The number of ether oxygens (including phenoxy) is 1. The maximum Gasteiger partial charge on any atom is 0.414 e. The first-order chi connectivity index (χ1) is 16.0. The van der Waals surface area contributed by atoms with Crippen LogP contribution < -0.4 is 15.5 Å². The number of hydrogen-bond donors (Lipinski definition) is 2. The molecule has 1 atom stereocenters. The maximum atomic E-state index is 14.9. The minimum absolute atomic E-state index is 0.199. The first kappa shape index (κ1) is 22.4. The van der Waals surface area contributed by atoms with E-state index in [0.717, 1.165) is 23.2 Å². The molecule has 4 rings (SSSR count). The van der Waals surface area contributed by atoms with Crippen molar-refractivity contribution in [2.24, 2.45) is 0 Å². The highest BCUT2D eigenvalue weighted by atomic mass is 19.1. The van der Waals surface area contributed by atoms with Gasteiger partial charge in [0.1, 0.15) is 11.9 Å². The fraction of sp³-hybridized carbons (Fsp3) is 0.240. The highest BCUT2D eigenvalue weighted by molar-refractivity contribution is 5.90. The van der Waals surface area contributed by atoms with Gasteiger partial charge in [-0.3, -0.25) is 14.7 Å². The Morgan fingerprint density at radius 2 is 1.79 bits per heavy atom. The first-order valence-electron chi connectivity index (χ1n) is 10.7. The van der Waals surface area contributed by atoms with Crippen LogP contribution in [0.2, 0.25) is 0 Å². The molecule has 8 heteroatoms. The minimum Gasteiger partial charge on any atom is -0.442 e. The normalized spacial score (nSPS) is 15.4. The number of nitrogens with one attached hydrogen (secondary N) is 2. The van der Waals surface area contributed by atoms with Crippen LogP contribution >= 0.6 is 0 Å². The molecule has 1 aromatic heterocycles. The van der Waals surface area contributed by atoms with E-state index in [1.54, 1.807) is 24.5 Å². The van der Waals surface area contributed by atoms with E-state index in [1.807, 2.05) is 36.4 Å². The number of nitrogens with zero attached hydrogens (tertiary/aromatic N) is 2. The Kier molecular flexibility index (Phi) is 6.95. The second kappa shape index (κ2) is 10.2. The van der Waals surface area contributed by atoms with E-state index in [-0.39, 0.29) is 19.0 Å². The van der Waals surface area contributed by atoms with E-state index >= 15 is 0 Å². The van der Waals surface area contributed by atoms with Crippen LogP contribution in [-0.2, 0) is 22.6 Å². The molecule has 2 amide bonds. The van der Waals surface area contributed by atoms with Crippen molar-refractivity contribution in [3.63, 3.8) is 0 Å². The second-order valence-electron chi connectivity index (χ2n) is 7.87. The lowest BCUT2D eigenvalue weighted by Crippen LogP contribution is -2.33. The van der Waals surface area contributed by atoms with Crippen molar-refractivity contribution in [1.82, 2.24) is 15.6 Å². The Labute approximate surface area is 191 Å². The molecule has 3 aromatic rings. The van der Waals surface area contributed by atoms with Gasteiger partial charge in [0.15, 0.2) is 0 Å². The summed E-state index contributed by atoms with van der Waals surface area (Å²) in [7, 11) is 0. The lowest BCUT2D eigenvalue weighted by atomic mass is 10.0. The van der Waals surface area contributed by atoms with Crippen LogP contribution in [-0.4, -0.2) is 36.2 Å². The van der Waals surface area contributed by atoms with E-state index in [4.69, 9.17) is 4.74 Å². The van der Waals surface area contributed by atoms with Crippen molar-refractivity contribution in [2.45, 2.75) is 26.1 Å². The number of hydrogen-bond acceptors (Lipinski definition) is 5. The van der Waals surface area contributed by atoms with Crippen molar-refractivity contribution in [1.29, 1.82) is 0 Å². The van der Waals surface area contributed by atoms with Gasteiger partial charge >= 0.3 is 6.09 Å². The number of rotatable bonds is 8. The zero-order valence-electron chi connectivity index (χ0n) is 18.3. The number of cyclic esters (lactones) is 1. The summed E-state index contributed by atoms with van der Waals surface area (Å²) < 4.78 is 20.2. The quantitative estimate of drug-likeness (QED) is 0.550. The summed E-state index contributed by atoms with van der Waals surface area (Å²) in [5.41, 5.74) is 3.88. The molecule has 1 saturated heterocycles. The SMILES string of the molecule is CC(=O)NC[C@H]1CN(c2ccc(-c3ccc(CNCc4ccncc4)cc3)c(F)c2)C(=O)O1. The first-order valence-corrected chi connectivity index (χ1v) is 10.7. The van der Waals surface area contributed by atoms with Crippen molar-refractivity contribution in [2.75, 3.05) is 18.0 Å². The highest BCUT2D eigenvalue weighted by Gasteiger charge is 2.32. The third kappa shape index (κ3) is 5.72. The lowest BCUT2D eigenvalue weighted by molar-refractivity contribution is -0.119. The third-order valence-electron chi connectivity index (χ3n) is 5.39. The van der Waals surface area contributed by atoms with E-state index in [1.165, 1.54) is 17.9 Å². The minimum atomic E-state index is -0.555. The predicted octanol–water partition coefficient (Wildman–Crippen LogP) is 3.64. The van der Waals surface area contributed by atoms with Crippen LogP contribution in [0.25, 0.3) is 11.1 Å². The zero-order chi connectivity index (χ0) is 23.2. The summed E-state index contributed by atoms with van der Waals surface area (Å²) in [6.45, 7) is 3.31. The summed E-state index contributed by atoms with van der Waals surface area (Å²) in [5, 5.41) is 6.00. The monoisotopic (exact) mass is 448 g/mol. The molecule has 0 radical (unpaired) electrons. The van der Waals surface area contributed by atoms with Gasteiger partial charge in [-0.25, -0.2) is 9.18 Å². The molecule has 1 aliphatic rings. The largest absolute Gasteiger partial charge is 0.442 e. The Balaban J connectivity index is 1.37.